The van der Waals surface area contributed by atoms with Gasteiger partial charge in [-0.2, -0.15) is 0 Å². The molecule has 0 unspecified atom stereocenters. The van der Waals surface area contributed by atoms with Crippen LogP contribution in [0.25, 0.3) is 11.3 Å². The van der Waals surface area contributed by atoms with Crippen molar-refractivity contribution in [3.63, 3.8) is 0 Å². The first-order valence-electron chi connectivity index (χ1n) is 4.97. The van der Waals surface area contributed by atoms with Gasteiger partial charge in [0.1, 0.15) is 12.0 Å². The molecular formula is C13H12O2. The number of hydrogen-bond donors (Lipinski definition) is 0. The summed E-state index contributed by atoms with van der Waals surface area (Å²) in [4.78, 5) is 10.4. The van der Waals surface area contributed by atoms with Crippen LogP contribution < -0.4 is 0 Å². The summed E-state index contributed by atoms with van der Waals surface area (Å²) in [6, 6.07) is 11.8. The number of rotatable bonds is 4. The van der Waals surface area contributed by atoms with Crippen LogP contribution in [0.1, 0.15) is 12.0 Å². The minimum atomic E-state index is 0.553. The zero-order valence-corrected chi connectivity index (χ0v) is 8.35. The smallest absolute Gasteiger partial charge is 0.134 e. The highest BCUT2D eigenvalue weighted by molar-refractivity contribution is 5.63. The van der Waals surface area contributed by atoms with Crippen molar-refractivity contribution in [2.45, 2.75) is 12.8 Å². The van der Waals surface area contributed by atoms with Crippen molar-refractivity contribution >= 4 is 6.29 Å². The van der Waals surface area contributed by atoms with Crippen molar-refractivity contribution in [1.82, 2.24) is 0 Å². The molecule has 0 spiro atoms. The third-order valence-electron chi connectivity index (χ3n) is 2.34. The molecule has 0 aliphatic carbocycles. The maximum Gasteiger partial charge on any atom is 0.134 e. The van der Waals surface area contributed by atoms with Gasteiger partial charge in [-0.3, -0.25) is 0 Å². The first-order chi connectivity index (χ1) is 7.42. The molecule has 76 valence electrons. The van der Waals surface area contributed by atoms with E-state index in [1.807, 2.05) is 36.4 Å². The maximum absolute atomic E-state index is 10.4. The van der Waals surface area contributed by atoms with E-state index in [-0.39, 0.29) is 0 Å². The molecule has 1 heterocycles. The summed E-state index contributed by atoms with van der Waals surface area (Å²) < 4.78 is 5.35. The highest BCUT2D eigenvalue weighted by Gasteiger charge is 2.05. The highest BCUT2D eigenvalue weighted by atomic mass is 16.3. The van der Waals surface area contributed by atoms with Crippen LogP contribution in [0.2, 0.25) is 0 Å². The average molecular weight is 200 g/mol. The largest absolute Gasteiger partial charge is 0.464 e. The van der Waals surface area contributed by atoms with E-state index in [0.29, 0.717) is 6.42 Å². The number of aryl methyl sites for hydroxylation is 1. The van der Waals surface area contributed by atoms with E-state index in [1.54, 1.807) is 6.26 Å². The Bertz CT molecular complexity index is 430. The van der Waals surface area contributed by atoms with Gasteiger partial charge in [-0.15, -0.1) is 0 Å². The third kappa shape index (κ3) is 2.15. The standard InChI is InChI=1S/C13H12O2/c14-9-3-6-11-5-1-2-7-12(11)13-8-4-10-15-13/h1-2,4-5,7-10H,3,6H2. The van der Waals surface area contributed by atoms with Crippen molar-refractivity contribution in [3.8, 4) is 11.3 Å². The molecular weight excluding hydrogens is 188 g/mol. The number of benzene rings is 1. The second-order valence-electron chi connectivity index (χ2n) is 3.34. The number of carbonyl (C=O) groups excluding carboxylic acids is 1. The number of aldehydes is 1. The van der Waals surface area contributed by atoms with Gasteiger partial charge >= 0.3 is 0 Å². The van der Waals surface area contributed by atoms with Crippen LogP contribution in [0.5, 0.6) is 0 Å². The van der Waals surface area contributed by atoms with Gasteiger partial charge in [-0.1, -0.05) is 24.3 Å². The number of carbonyl (C=O) groups is 1. The summed E-state index contributed by atoms with van der Waals surface area (Å²) in [5, 5.41) is 0. The van der Waals surface area contributed by atoms with Gasteiger partial charge in [0, 0.05) is 12.0 Å². The van der Waals surface area contributed by atoms with Gasteiger partial charge < -0.3 is 9.21 Å². The molecule has 0 amide bonds. The van der Waals surface area contributed by atoms with Gasteiger partial charge in [-0.05, 0) is 24.1 Å². The van der Waals surface area contributed by atoms with E-state index in [9.17, 15) is 4.79 Å². The molecule has 0 aliphatic rings. The summed E-state index contributed by atoms with van der Waals surface area (Å²) in [5.74, 6) is 0.858. The monoisotopic (exact) mass is 200 g/mol. The molecule has 0 radical (unpaired) electrons. The fraction of sp³-hybridized carbons (Fsp3) is 0.154. The minimum absolute atomic E-state index is 0.553. The molecule has 0 bridgehead atoms. The van der Waals surface area contributed by atoms with E-state index >= 15 is 0 Å². The van der Waals surface area contributed by atoms with Gasteiger partial charge in [-0.25, -0.2) is 0 Å². The van der Waals surface area contributed by atoms with Crippen molar-refractivity contribution in [2.24, 2.45) is 0 Å². The van der Waals surface area contributed by atoms with Crippen LogP contribution in [0.3, 0.4) is 0 Å². The predicted molar refractivity (Wildman–Crippen MR) is 58.5 cm³/mol. The zero-order chi connectivity index (χ0) is 10.5. The van der Waals surface area contributed by atoms with Crippen LogP contribution in [-0.2, 0) is 11.2 Å². The first-order valence-corrected chi connectivity index (χ1v) is 4.97. The number of furan rings is 1. The lowest BCUT2D eigenvalue weighted by Gasteiger charge is -2.04. The van der Waals surface area contributed by atoms with Gasteiger partial charge in [0.05, 0.1) is 6.26 Å². The molecule has 15 heavy (non-hydrogen) atoms. The lowest BCUT2D eigenvalue weighted by Crippen LogP contribution is -1.89. The zero-order valence-electron chi connectivity index (χ0n) is 8.35. The Morgan fingerprint density at radius 2 is 2.00 bits per heavy atom. The average Bonchev–Trinajstić information content (AvgIpc) is 2.80. The second-order valence-corrected chi connectivity index (χ2v) is 3.34. The number of hydrogen-bond acceptors (Lipinski definition) is 2. The van der Waals surface area contributed by atoms with Crippen molar-refractivity contribution in [2.75, 3.05) is 0 Å². The van der Waals surface area contributed by atoms with Crippen LogP contribution in [0.4, 0.5) is 0 Å². The molecule has 2 aromatic rings. The Kier molecular flexibility index (Phi) is 2.98. The van der Waals surface area contributed by atoms with Crippen LogP contribution in [0, 0.1) is 0 Å². The summed E-state index contributed by atoms with van der Waals surface area (Å²) in [5.41, 5.74) is 2.23. The van der Waals surface area contributed by atoms with E-state index < -0.39 is 0 Å². The van der Waals surface area contributed by atoms with E-state index in [2.05, 4.69) is 0 Å². The highest BCUT2D eigenvalue weighted by Crippen LogP contribution is 2.24. The van der Waals surface area contributed by atoms with E-state index in [1.165, 1.54) is 0 Å². The molecule has 0 saturated carbocycles. The van der Waals surface area contributed by atoms with Crippen LogP contribution >= 0.6 is 0 Å². The molecule has 1 aromatic carbocycles. The van der Waals surface area contributed by atoms with Crippen LogP contribution in [-0.4, -0.2) is 6.29 Å². The summed E-state index contributed by atoms with van der Waals surface area (Å²) >= 11 is 0. The molecule has 0 N–H and O–H groups in total. The van der Waals surface area contributed by atoms with Gasteiger partial charge in [0.25, 0.3) is 0 Å². The van der Waals surface area contributed by atoms with Gasteiger partial charge in [0.2, 0.25) is 0 Å². The fourth-order valence-electron chi connectivity index (χ4n) is 1.62. The SMILES string of the molecule is O=CCCc1ccccc1-c1ccco1. The quantitative estimate of drug-likeness (QED) is 0.710. The van der Waals surface area contributed by atoms with Crippen molar-refractivity contribution in [3.05, 3.63) is 48.2 Å². The molecule has 2 nitrogen and oxygen atoms in total. The molecule has 0 saturated heterocycles. The summed E-state index contributed by atoms with van der Waals surface area (Å²) in [6.45, 7) is 0. The van der Waals surface area contributed by atoms with Crippen LogP contribution in [0.15, 0.2) is 47.1 Å². The lowest BCUT2D eigenvalue weighted by molar-refractivity contribution is -0.107. The molecule has 0 aliphatic heterocycles. The Hall–Kier alpha value is -1.83. The Balaban J connectivity index is 2.34. The minimum Gasteiger partial charge on any atom is -0.464 e. The molecule has 2 rings (SSSR count). The molecule has 1 aromatic heterocycles. The normalized spacial score (nSPS) is 10.1. The van der Waals surface area contributed by atoms with Crippen molar-refractivity contribution in [1.29, 1.82) is 0 Å². The summed E-state index contributed by atoms with van der Waals surface area (Å²) in [7, 11) is 0. The molecule has 0 fully saturated rings. The lowest BCUT2D eigenvalue weighted by atomic mass is 10.0. The Morgan fingerprint density at radius 3 is 2.73 bits per heavy atom. The third-order valence-corrected chi connectivity index (χ3v) is 2.34. The predicted octanol–water partition coefficient (Wildman–Crippen LogP) is 3.08. The maximum atomic E-state index is 10.4. The molecule has 2 heteroatoms. The fourth-order valence-corrected chi connectivity index (χ4v) is 1.62. The summed E-state index contributed by atoms with van der Waals surface area (Å²) in [6.07, 6.45) is 3.92. The Morgan fingerprint density at radius 1 is 1.13 bits per heavy atom. The van der Waals surface area contributed by atoms with Gasteiger partial charge in [0.15, 0.2) is 0 Å². The second kappa shape index (κ2) is 4.60. The van der Waals surface area contributed by atoms with Crippen molar-refractivity contribution < 1.29 is 9.21 Å². The first kappa shape index (κ1) is 9.71. The molecule has 0 atom stereocenters. The van der Waals surface area contributed by atoms with E-state index in [4.69, 9.17) is 4.42 Å². The Labute approximate surface area is 88.5 Å². The van der Waals surface area contributed by atoms with E-state index in [0.717, 1.165) is 29.6 Å². The topological polar surface area (TPSA) is 30.2 Å².